The molecule has 2 aromatic carbocycles. The zero-order chi connectivity index (χ0) is 17.6. The maximum atomic E-state index is 12.8. The van der Waals surface area contributed by atoms with Gasteiger partial charge >= 0.3 is 0 Å². The zero-order valence-corrected chi connectivity index (χ0v) is 13.8. The van der Waals surface area contributed by atoms with E-state index in [2.05, 4.69) is 20.6 Å². The summed E-state index contributed by atoms with van der Waals surface area (Å²) in [7, 11) is 0. The standard InChI is InChI=1S/C18H14ClFN4O/c19-13-2-1-3-15(8-13)24-17-11-21-16(10-22-17)18(25)23-9-12-4-6-14(20)7-5-12/h1-8,10-11H,9H2,(H,22,24)(H,23,25). The molecule has 0 aliphatic heterocycles. The SMILES string of the molecule is O=C(NCc1ccc(F)cc1)c1cnc(Nc2cccc(Cl)c2)cn1. The van der Waals surface area contributed by atoms with E-state index in [0.717, 1.165) is 11.3 Å². The highest BCUT2D eigenvalue weighted by atomic mass is 35.5. The molecular weight excluding hydrogens is 343 g/mol. The van der Waals surface area contributed by atoms with Crippen LogP contribution in [-0.2, 0) is 6.54 Å². The Morgan fingerprint density at radius 2 is 1.88 bits per heavy atom. The van der Waals surface area contributed by atoms with Gasteiger partial charge in [-0.05, 0) is 35.9 Å². The minimum absolute atomic E-state index is 0.193. The Balaban J connectivity index is 1.59. The highest BCUT2D eigenvalue weighted by Gasteiger charge is 2.08. The molecule has 0 saturated carbocycles. The molecule has 0 radical (unpaired) electrons. The van der Waals surface area contributed by atoms with Crippen LogP contribution >= 0.6 is 11.6 Å². The van der Waals surface area contributed by atoms with E-state index >= 15 is 0 Å². The lowest BCUT2D eigenvalue weighted by Crippen LogP contribution is -2.24. The third-order valence-corrected chi connectivity index (χ3v) is 3.58. The van der Waals surface area contributed by atoms with Gasteiger partial charge in [-0.25, -0.2) is 14.4 Å². The number of halogens is 2. The first-order valence-electron chi connectivity index (χ1n) is 7.47. The summed E-state index contributed by atoms with van der Waals surface area (Å²) in [5, 5.41) is 6.36. The number of amides is 1. The number of nitrogens with one attached hydrogen (secondary N) is 2. The summed E-state index contributed by atoms with van der Waals surface area (Å²) in [5.41, 5.74) is 1.76. The van der Waals surface area contributed by atoms with Gasteiger partial charge in [0.1, 0.15) is 17.3 Å². The molecule has 0 fully saturated rings. The lowest BCUT2D eigenvalue weighted by Gasteiger charge is -2.07. The van der Waals surface area contributed by atoms with Crippen LogP contribution in [0.5, 0.6) is 0 Å². The molecule has 0 atom stereocenters. The zero-order valence-electron chi connectivity index (χ0n) is 13.0. The number of anilines is 2. The van der Waals surface area contributed by atoms with Gasteiger partial charge in [0, 0.05) is 17.3 Å². The maximum Gasteiger partial charge on any atom is 0.271 e. The van der Waals surface area contributed by atoms with Gasteiger partial charge in [0.2, 0.25) is 0 Å². The van der Waals surface area contributed by atoms with E-state index in [-0.39, 0.29) is 24.0 Å². The number of hydrogen-bond acceptors (Lipinski definition) is 4. The number of carbonyl (C=O) groups is 1. The van der Waals surface area contributed by atoms with Gasteiger partial charge in [-0.1, -0.05) is 29.8 Å². The predicted octanol–water partition coefficient (Wildman–Crippen LogP) is 3.94. The number of hydrogen-bond donors (Lipinski definition) is 2. The second-order valence-electron chi connectivity index (χ2n) is 5.23. The normalized spacial score (nSPS) is 10.3. The lowest BCUT2D eigenvalue weighted by atomic mass is 10.2. The second kappa shape index (κ2) is 7.72. The fraction of sp³-hybridized carbons (Fsp3) is 0.0556. The summed E-state index contributed by atoms with van der Waals surface area (Å²) in [4.78, 5) is 20.3. The van der Waals surface area contributed by atoms with Crippen LogP contribution in [0.2, 0.25) is 5.02 Å². The minimum Gasteiger partial charge on any atom is -0.347 e. The van der Waals surface area contributed by atoms with E-state index in [1.54, 1.807) is 24.3 Å². The Morgan fingerprint density at radius 1 is 1.08 bits per heavy atom. The average Bonchev–Trinajstić information content (AvgIpc) is 2.62. The van der Waals surface area contributed by atoms with Crippen molar-refractivity contribution >= 4 is 29.0 Å². The molecule has 5 nitrogen and oxygen atoms in total. The Labute approximate surface area is 148 Å². The molecule has 0 bridgehead atoms. The Morgan fingerprint density at radius 3 is 2.56 bits per heavy atom. The molecule has 7 heteroatoms. The Hall–Kier alpha value is -2.99. The fourth-order valence-electron chi connectivity index (χ4n) is 2.10. The van der Waals surface area contributed by atoms with Gasteiger partial charge in [0.05, 0.1) is 12.4 Å². The van der Waals surface area contributed by atoms with Crippen LogP contribution in [0.4, 0.5) is 15.9 Å². The molecule has 126 valence electrons. The van der Waals surface area contributed by atoms with E-state index in [4.69, 9.17) is 11.6 Å². The molecule has 2 N–H and O–H groups in total. The average molecular weight is 357 g/mol. The molecule has 25 heavy (non-hydrogen) atoms. The monoisotopic (exact) mass is 356 g/mol. The minimum atomic E-state index is -0.355. The first kappa shape index (κ1) is 16.9. The van der Waals surface area contributed by atoms with Crippen molar-refractivity contribution in [3.05, 3.63) is 83.0 Å². The van der Waals surface area contributed by atoms with Gasteiger partial charge in [0.15, 0.2) is 0 Å². The molecule has 1 heterocycles. The molecule has 0 saturated heterocycles. The molecule has 0 aliphatic rings. The van der Waals surface area contributed by atoms with Crippen molar-refractivity contribution in [3.8, 4) is 0 Å². The maximum absolute atomic E-state index is 12.8. The molecule has 0 spiro atoms. The van der Waals surface area contributed by atoms with Crippen molar-refractivity contribution in [1.29, 1.82) is 0 Å². The summed E-state index contributed by atoms with van der Waals surface area (Å²) in [6.45, 7) is 0.281. The summed E-state index contributed by atoms with van der Waals surface area (Å²) >= 11 is 5.92. The Kier molecular flexibility index (Phi) is 5.20. The molecule has 0 unspecified atom stereocenters. The van der Waals surface area contributed by atoms with Crippen molar-refractivity contribution in [3.63, 3.8) is 0 Å². The molecular formula is C18H14ClFN4O. The number of rotatable bonds is 5. The first-order chi connectivity index (χ1) is 12.1. The van der Waals surface area contributed by atoms with E-state index < -0.39 is 0 Å². The van der Waals surface area contributed by atoms with Gasteiger partial charge in [-0.2, -0.15) is 0 Å². The van der Waals surface area contributed by atoms with Gasteiger partial charge in [0.25, 0.3) is 5.91 Å². The van der Waals surface area contributed by atoms with Crippen molar-refractivity contribution in [2.45, 2.75) is 6.54 Å². The third-order valence-electron chi connectivity index (χ3n) is 3.35. The number of carbonyl (C=O) groups excluding carboxylic acids is 1. The van der Waals surface area contributed by atoms with Crippen LogP contribution in [0.3, 0.4) is 0 Å². The van der Waals surface area contributed by atoms with Gasteiger partial charge in [-0.3, -0.25) is 4.79 Å². The smallest absolute Gasteiger partial charge is 0.271 e. The van der Waals surface area contributed by atoms with Crippen LogP contribution < -0.4 is 10.6 Å². The summed E-state index contributed by atoms with van der Waals surface area (Å²) < 4.78 is 12.8. The van der Waals surface area contributed by atoms with Crippen molar-refractivity contribution < 1.29 is 9.18 Å². The van der Waals surface area contributed by atoms with E-state index in [1.807, 2.05) is 12.1 Å². The van der Waals surface area contributed by atoms with E-state index in [0.29, 0.717) is 10.8 Å². The Bertz CT molecular complexity index is 869. The predicted molar refractivity (Wildman–Crippen MR) is 94.3 cm³/mol. The number of nitrogens with zero attached hydrogens (tertiary/aromatic N) is 2. The van der Waals surface area contributed by atoms with Crippen molar-refractivity contribution in [2.75, 3.05) is 5.32 Å². The fourth-order valence-corrected chi connectivity index (χ4v) is 2.29. The largest absolute Gasteiger partial charge is 0.347 e. The topological polar surface area (TPSA) is 66.9 Å². The summed E-state index contributed by atoms with van der Waals surface area (Å²) in [6, 6.07) is 13.1. The summed E-state index contributed by atoms with van der Waals surface area (Å²) in [5.74, 6) is -0.174. The molecule has 3 rings (SSSR count). The molecule has 1 aromatic heterocycles. The highest BCUT2D eigenvalue weighted by Crippen LogP contribution is 2.18. The third kappa shape index (κ3) is 4.74. The molecule has 1 amide bonds. The quantitative estimate of drug-likeness (QED) is 0.726. The van der Waals surface area contributed by atoms with Crippen LogP contribution in [0.1, 0.15) is 16.1 Å². The lowest BCUT2D eigenvalue weighted by molar-refractivity contribution is 0.0945. The van der Waals surface area contributed by atoms with E-state index in [1.165, 1.54) is 24.5 Å². The van der Waals surface area contributed by atoms with Gasteiger partial charge in [-0.15, -0.1) is 0 Å². The highest BCUT2D eigenvalue weighted by molar-refractivity contribution is 6.30. The first-order valence-corrected chi connectivity index (χ1v) is 7.85. The van der Waals surface area contributed by atoms with Gasteiger partial charge < -0.3 is 10.6 Å². The second-order valence-corrected chi connectivity index (χ2v) is 5.67. The molecule has 0 aliphatic carbocycles. The summed E-state index contributed by atoms with van der Waals surface area (Å²) in [6.07, 6.45) is 2.85. The van der Waals surface area contributed by atoms with Crippen LogP contribution in [-0.4, -0.2) is 15.9 Å². The van der Waals surface area contributed by atoms with Crippen LogP contribution in [0.25, 0.3) is 0 Å². The number of benzene rings is 2. The van der Waals surface area contributed by atoms with Crippen molar-refractivity contribution in [2.24, 2.45) is 0 Å². The van der Waals surface area contributed by atoms with Crippen LogP contribution in [0.15, 0.2) is 60.9 Å². The molecule has 3 aromatic rings. The van der Waals surface area contributed by atoms with Crippen LogP contribution in [0, 0.1) is 5.82 Å². The van der Waals surface area contributed by atoms with Crippen molar-refractivity contribution in [1.82, 2.24) is 15.3 Å². The van der Waals surface area contributed by atoms with E-state index in [9.17, 15) is 9.18 Å². The number of aromatic nitrogens is 2.